The summed E-state index contributed by atoms with van der Waals surface area (Å²) in [6.45, 7) is -0.590. The number of hydrogen-bond acceptors (Lipinski definition) is 8. The van der Waals surface area contributed by atoms with Gasteiger partial charge < -0.3 is 14.8 Å². The van der Waals surface area contributed by atoms with Crippen molar-refractivity contribution in [1.29, 1.82) is 0 Å². The van der Waals surface area contributed by atoms with E-state index in [9.17, 15) is 32.5 Å². The quantitative estimate of drug-likeness (QED) is 0.239. The van der Waals surface area contributed by atoms with Crippen LogP contribution in [0.2, 0.25) is 0 Å². The number of nitrogens with one attached hydrogen (secondary N) is 1. The molecule has 1 unspecified atom stereocenters. The number of non-ortho nitro benzene ring substituents is 1. The number of benzene rings is 3. The van der Waals surface area contributed by atoms with E-state index in [4.69, 9.17) is 9.47 Å². The van der Waals surface area contributed by atoms with Crippen LogP contribution in [0.4, 0.5) is 15.8 Å². The van der Waals surface area contributed by atoms with E-state index in [-0.39, 0.29) is 35.0 Å². The molecule has 0 fully saturated rings. The van der Waals surface area contributed by atoms with E-state index >= 15 is 0 Å². The van der Waals surface area contributed by atoms with Gasteiger partial charge in [0.05, 0.1) is 41.1 Å². The Morgan fingerprint density at radius 2 is 1.85 bits per heavy atom. The summed E-state index contributed by atoms with van der Waals surface area (Å²) < 4.78 is 51.7. The number of rotatable bonds is 9. The molecule has 11 nitrogen and oxygen atoms in total. The third-order valence-electron chi connectivity index (χ3n) is 6.18. The van der Waals surface area contributed by atoms with Crippen LogP contribution in [0.5, 0.6) is 5.75 Å². The van der Waals surface area contributed by atoms with Crippen molar-refractivity contribution in [2.24, 2.45) is 0 Å². The van der Waals surface area contributed by atoms with Crippen molar-refractivity contribution in [2.75, 3.05) is 25.6 Å². The number of halogens is 1. The Morgan fingerprint density at radius 3 is 2.54 bits per heavy atom. The van der Waals surface area contributed by atoms with Crippen LogP contribution in [-0.2, 0) is 30.8 Å². The lowest BCUT2D eigenvalue weighted by Gasteiger charge is -2.36. The monoisotopic (exact) mass is 557 g/mol. The van der Waals surface area contributed by atoms with E-state index in [1.165, 1.54) is 23.5 Å². The standard InChI is InChI=1S/C26H24FN3O8S/c1-37-24-14-19(30(33)34)8-11-22(24)28-25(31)16-38-26(32)15-23-21-5-3-2-4-17(21)12-13-29(23)39(35,36)20-9-6-18(27)7-10-20/h2-11,14,23H,12-13,15-16H2,1H3,(H,28,31). The molecule has 0 saturated carbocycles. The lowest BCUT2D eigenvalue weighted by Crippen LogP contribution is -2.41. The molecule has 13 heteroatoms. The van der Waals surface area contributed by atoms with E-state index in [1.807, 2.05) is 12.1 Å². The van der Waals surface area contributed by atoms with Crippen LogP contribution in [0.25, 0.3) is 0 Å². The van der Waals surface area contributed by atoms with Gasteiger partial charge in [-0.1, -0.05) is 24.3 Å². The predicted octanol–water partition coefficient (Wildman–Crippen LogP) is 3.60. The van der Waals surface area contributed by atoms with Crippen LogP contribution in [0.3, 0.4) is 0 Å². The normalized spacial score (nSPS) is 15.2. The van der Waals surface area contributed by atoms with Gasteiger partial charge in [-0.2, -0.15) is 4.31 Å². The van der Waals surface area contributed by atoms with Crippen molar-refractivity contribution in [3.63, 3.8) is 0 Å². The summed E-state index contributed by atoms with van der Waals surface area (Å²) in [6, 6.07) is 14.2. The number of amides is 1. The number of methoxy groups -OCH3 is 1. The van der Waals surface area contributed by atoms with E-state index < -0.39 is 45.3 Å². The van der Waals surface area contributed by atoms with Gasteiger partial charge in [0.15, 0.2) is 6.61 Å². The molecule has 0 saturated heterocycles. The molecular formula is C26H24FN3O8S. The zero-order chi connectivity index (χ0) is 28.2. The Morgan fingerprint density at radius 1 is 1.13 bits per heavy atom. The molecule has 204 valence electrons. The van der Waals surface area contributed by atoms with Crippen molar-refractivity contribution in [2.45, 2.75) is 23.8 Å². The molecule has 1 heterocycles. The number of sulfonamides is 1. The molecule has 4 rings (SSSR count). The topological polar surface area (TPSA) is 145 Å². The summed E-state index contributed by atoms with van der Waals surface area (Å²) in [4.78, 5) is 35.4. The molecule has 0 bridgehead atoms. The molecule has 0 aromatic heterocycles. The van der Waals surface area contributed by atoms with Gasteiger partial charge >= 0.3 is 5.97 Å². The molecule has 1 amide bonds. The van der Waals surface area contributed by atoms with Gasteiger partial charge in [-0.05, 0) is 47.9 Å². The number of hydrogen-bond donors (Lipinski definition) is 1. The van der Waals surface area contributed by atoms with Gasteiger partial charge in [0.25, 0.3) is 11.6 Å². The predicted molar refractivity (Wildman–Crippen MR) is 137 cm³/mol. The lowest BCUT2D eigenvalue weighted by molar-refractivity contribution is -0.384. The molecule has 3 aromatic carbocycles. The van der Waals surface area contributed by atoms with Crippen molar-refractivity contribution < 1.29 is 36.8 Å². The highest BCUT2D eigenvalue weighted by Gasteiger charge is 2.38. The first-order valence-corrected chi connectivity index (χ1v) is 13.2. The summed E-state index contributed by atoms with van der Waals surface area (Å²) in [5.41, 5.74) is 1.42. The van der Waals surface area contributed by atoms with E-state index in [0.29, 0.717) is 12.0 Å². The summed E-state index contributed by atoms with van der Waals surface area (Å²) in [5, 5.41) is 13.4. The van der Waals surface area contributed by atoms with Crippen LogP contribution < -0.4 is 10.1 Å². The molecule has 3 aromatic rings. The maximum atomic E-state index is 13.4. The zero-order valence-electron chi connectivity index (χ0n) is 20.7. The number of anilines is 1. The van der Waals surface area contributed by atoms with Gasteiger partial charge in [-0.3, -0.25) is 19.7 Å². The van der Waals surface area contributed by atoms with Crippen LogP contribution in [-0.4, -0.2) is 49.8 Å². The van der Waals surface area contributed by atoms with E-state index in [2.05, 4.69) is 5.32 Å². The molecule has 39 heavy (non-hydrogen) atoms. The fourth-order valence-electron chi connectivity index (χ4n) is 4.32. The van der Waals surface area contributed by atoms with Crippen molar-refractivity contribution in [3.05, 3.63) is 93.8 Å². The minimum absolute atomic E-state index is 0.0457. The maximum Gasteiger partial charge on any atom is 0.308 e. The number of carbonyl (C=O) groups excluding carboxylic acids is 2. The second-order valence-corrected chi connectivity index (χ2v) is 10.5. The Balaban J connectivity index is 1.48. The fraction of sp³-hybridized carbons (Fsp3) is 0.231. The van der Waals surface area contributed by atoms with Crippen molar-refractivity contribution in [3.8, 4) is 5.75 Å². The van der Waals surface area contributed by atoms with E-state index in [1.54, 1.807) is 12.1 Å². The number of nitro groups is 1. The lowest BCUT2D eigenvalue weighted by atomic mass is 9.92. The number of carbonyl (C=O) groups is 2. The number of esters is 1. The summed E-state index contributed by atoms with van der Waals surface area (Å²) >= 11 is 0. The van der Waals surface area contributed by atoms with Gasteiger partial charge in [-0.25, -0.2) is 12.8 Å². The molecule has 1 aliphatic rings. The number of fused-ring (bicyclic) bond motifs is 1. The molecule has 0 radical (unpaired) electrons. The second-order valence-electron chi connectivity index (χ2n) is 8.59. The molecule has 1 aliphatic heterocycles. The second kappa shape index (κ2) is 11.6. The molecule has 1 atom stereocenters. The third-order valence-corrected chi connectivity index (χ3v) is 8.10. The molecule has 0 aliphatic carbocycles. The minimum Gasteiger partial charge on any atom is -0.494 e. The van der Waals surface area contributed by atoms with Crippen LogP contribution >= 0.6 is 0 Å². The third kappa shape index (κ3) is 6.21. The van der Waals surface area contributed by atoms with Gasteiger partial charge in [0.2, 0.25) is 10.0 Å². The Labute approximate surface area is 223 Å². The van der Waals surface area contributed by atoms with E-state index in [0.717, 1.165) is 35.9 Å². The van der Waals surface area contributed by atoms with Gasteiger partial charge in [-0.15, -0.1) is 0 Å². The molecular weight excluding hydrogens is 533 g/mol. The average molecular weight is 558 g/mol. The largest absolute Gasteiger partial charge is 0.494 e. The Hall–Kier alpha value is -4.36. The van der Waals surface area contributed by atoms with Crippen LogP contribution in [0.1, 0.15) is 23.6 Å². The first kappa shape index (κ1) is 27.7. The number of nitro benzene ring substituents is 1. The van der Waals surface area contributed by atoms with Crippen molar-refractivity contribution >= 4 is 33.3 Å². The van der Waals surface area contributed by atoms with Gasteiger partial charge in [0.1, 0.15) is 11.6 Å². The summed E-state index contributed by atoms with van der Waals surface area (Å²) in [6.07, 6.45) is 0.0488. The average Bonchev–Trinajstić information content (AvgIpc) is 2.92. The highest BCUT2D eigenvalue weighted by Crippen LogP contribution is 2.36. The maximum absolute atomic E-state index is 13.4. The highest BCUT2D eigenvalue weighted by molar-refractivity contribution is 7.89. The molecule has 1 N–H and O–H groups in total. The minimum atomic E-state index is -4.09. The molecule has 0 spiro atoms. The Bertz CT molecular complexity index is 1510. The van der Waals surface area contributed by atoms with Crippen LogP contribution in [0.15, 0.2) is 71.6 Å². The number of ether oxygens (including phenoxy) is 2. The smallest absolute Gasteiger partial charge is 0.308 e. The SMILES string of the molecule is COc1cc([N+](=O)[O-])ccc1NC(=O)COC(=O)CC1c2ccccc2CCN1S(=O)(=O)c1ccc(F)cc1. The van der Waals surface area contributed by atoms with Gasteiger partial charge in [0, 0.05) is 12.6 Å². The summed E-state index contributed by atoms with van der Waals surface area (Å²) in [5.74, 6) is -2.08. The fourth-order valence-corrected chi connectivity index (χ4v) is 5.92. The van der Waals surface area contributed by atoms with Crippen LogP contribution in [0, 0.1) is 15.9 Å². The highest BCUT2D eigenvalue weighted by atomic mass is 32.2. The number of nitrogens with zero attached hydrogens (tertiary/aromatic N) is 2. The first-order valence-electron chi connectivity index (χ1n) is 11.7. The Kier molecular flexibility index (Phi) is 8.21. The summed E-state index contributed by atoms with van der Waals surface area (Å²) in [7, 11) is -2.81. The zero-order valence-corrected chi connectivity index (χ0v) is 21.5. The first-order chi connectivity index (χ1) is 18.6. The van der Waals surface area contributed by atoms with Crippen molar-refractivity contribution in [1.82, 2.24) is 4.31 Å².